The molecule has 2 atom stereocenters. The minimum absolute atomic E-state index is 0.0526. The molecule has 0 unspecified atom stereocenters. The Kier molecular flexibility index (Phi) is 11.6. The number of halogens is 2. The maximum Gasteiger partial charge on any atom is 0.274 e. The zero-order valence-corrected chi connectivity index (χ0v) is 29.7. The molecule has 2 aliphatic rings. The van der Waals surface area contributed by atoms with Gasteiger partial charge in [0.25, 0.3) is 5.91 Å². The van der Waals surface area contributed by atoms with Crippen molar-refractivity contribution in [3.05, 3.63) is 81.7 Å². The van der Waals surface area contributed by atoms with Crippen LogP contribution in [0.1, 0.15) is 47.3 Å². The maximum absolute atomic E-state index is 13.4. The van der Waals surface area contributed by atoms with Gasteiger partial charge >= 0.3 is 0 Å². The summed E-state index contributed by atoms with van der Waals surface area (Å²) >= 11 is 13.8. The van der Waals surface area contributed by atoms with E-state index in [1.165, 1.54) is 6.20 Å². The second-order valence-corrected chi connectivity index (χ2v) is 13.0. The van der Waals surface area contributed by atoms with Gasteiger partial charge in [0.05, 0.1) is 47.5 Å². The molecular weight excluding hydrogens is 695 g/mol. The highest BCUT2D eigenvalue weighted by atomic mass is 35.5. The SMILES string of the molecule is COc1cnc(C(=O)Nc2cccc(-c3nccc(-c4ccc(CNC[C@H]5CCC(=O)N5)c(OC)n4)c3Cl)c2Cl)cc1CNC[C@H]1CCC(=O)N1. The van der Waals surface area contributed by atoms with Gasteiger partial charge in [0, 0.05) is 79.6 Å². The molecule has 51 heavy (non-hydrogen) atoms. The number of aromatic nitrogens is 3. The molecule has 0 aliphatic carbocycles. The highest BCUT2D eigenvalue weighted by molar-refractivity contribution is 6.39. The summed E-state index contributed by atoms with van der Waals surface area (Å²) in [5, 5.41) is 16.0. The number of carbonyl (C=O) groups is 3. The predicted molar refractivity (Wildman–Crippen MR) is 194 cm³/mol. The van der Waals surface area contributed by atoms with Gasteiger partial charge in [-0.2, -0.15) is 0 Å². The number of rotatable bonds is 14. The van der Waals surface area contributed by atoms with Gasteiger partial charge in [-0.05, 0) is 37.1 Å². The topological polar surface area (TPSA) is 168 Å². The first-order valence-corrected chi connectivity index (χ1v) is 17.3. The van der Waals surface area contributed by atoms with Gasteiger partial charge in [0.15, 0.2) is 0 Å². The normalized spacial score (nSPS) is 16.9. The Morgan fingerprint density at radius 2 is 1.57 bits per heavy atom. The second kappa shape index (κ2) is 16.5. The summed E-state index contributed by atoms with van der Waals surface area (Å²) in [7, 11) is 3.10. The van der Waals surface area contributed by atoms with Gasteiger partial charge in [-0.15, -0.1) is 0 Å². The number of amides is 3. The van der Waals surface area contributed by atoms with E-state index in [-0.39, 0.29) is 34.6 Å². The van der Waals surface area contributed by atoms with Gasteiger partial charge in [-0.3, -0.25) is 19.4 Å². The van der Waals surface area contributed by atoms with E-state index in [9.17, 15) is 14.4 Å². The molecule has 0 saturated carbocycles. The average Bonchev–Trinajstić information content (AvgIpc) is 3.76. The molecule has 5 N–H and O–H groups in total. The summed E-state index contributed by atoms with van der Waals surface area (Å²) in [4.78, 5) is 50.0. The predicted octanol–water partition coefficient (Wildman–Crippen LogP) is 4.52. The molecule has 3 aromatic heterocycles. The largest absolute Gasteiger partial charge is 0.495 e. The Morgan fingerprint density at radius 1 is 0.863 bits per heavy atom. The summed E-state index contributed by atoms with van der Waals surface area (Å²) in [6.45, 7) is 2.16. The van der Waals surface area contributed by atoms with Crippen LogP contribution in [0, 0.1) is 0 Å². The fourth-order valence-corrected chi connectivity index (χ4v) is 6.68. The molecule has 2 aliphatic heterocycles. The van der Waals surface area contributed by atoms with Crippen LogP contribution in [0.2, 0.25) is 10.0 Å². The van der Waals surface area contributed by atoms with E-state index in [0.29, 0.717) is 83.9 Å². The third-order valence-corrected chi connectivity index (χ3v) is 9.57. The number of benzene rings is 1. The molecule has 15 heteroatoms. The zero-order chi connectivity index (χ0) is 35.9. The van der Waals surface area contributed by atoms with E-state index in [1.54, 1.807) is 50.7 Å². The van der Waals surface area contributed by atoms with E-state index in [4.69, 9.17) is 37.7 Å². The van der Waals surface area contributed by atoms with Crippen LogP contribution in [0.3, 0.4) is 0 Å². The quantitative estimate of drug-likeness (QED) is 0.124. The molecule has 0 bridgehead atoms. The number of nitrogens with zero attached hydrogens (tertiary/aromatic N) is 3. The molecule has 0 spiro atoms. The van der Waals surface area contributed by atoms with Gasteiger partial charge in [-0.1, -0.05) is 41.4 Å². The van der Waals surface area contributed by atoms with Crippen LogP contribution in [-0.2, 0) is 22.7 Å². The van der Waals surface area contributed by atoms with Crippen molar-refractivity contribution in [2.24, 2.45) is 0 Å². The van der Waals surface area contributed by atoms with Crippen molar-refractivity contribution < 1.29 is 23.9 Å². The lowest BCUT2D eigenvalue weighted by atomic mass is 10.1. The van der Waals surface area contributed by atoms with E-state index in [2.05, 4.69) is 36.6 Å². The Bertz CT molecular complexity index is 1940. The van der Waals surface area contributed by atoms with Gasteiger partial charge in [-0.25, -0.2) is 9.97 Å². The zero-order valence-electron chi connectivity index (χ0n) is 28.1. The number of hydrogen-bond acceptors (Lipinski definition) is 10. The number of pyridine rings is 3. The summed E-state index contributed by atoms with van der Waals surface area (Å²) < 4.78 is 11.1. The molecule has 0 radical (unpaired) electrons. The highest BCUT2D eigenvalue weighted by Crippen LogP contribution is 2.40. The minimum atomic E-state index is -0.465. The summed E-state index contributed by atoms with van der Waals surface area (Å²) in [6.07, 6.45) is 5.78. The van der Waals surface area contributed by atoms with Gasteiger partial charge in [0.2, 0.25) is 17.7 Å². The Balaban J connectivity index is 1.16. The highest BCUT2D eigenvalue weighted by Gasteiger charge is 2.23. The Morgan fingerprint density at radius 3 is 2.22 bits per heavy atom. The minimum Gasteiger partial charge on any atom is -0.495 e. The summed E-state index contributed by atoms with van der Waals surface area (Å²) in [5.41, 5.74) is 4.25. The molecule has 5 heterocycles. The number of nitrogens with one attached hydrogen (secondary N) is 5. The molecular formula is C36H38Cl2N8O5. The van der Waals surface area contributed by atoms with E-state index < -0.39 is 5.91 Å². The lowest BCUT2D eigenvalue weighted by molar-refractivity contribution is -0.120. The average molecular weight is 734 g/mol. The van der Waals surface area contributed by atoms with Crippen LogP contribution in [0.4, 0.5) is 5.69 Å². The summed E-state index contributed by atoms with van der Waals surface area (Å²) in [6, 6.07) is 12.6. The number of ether oxygens (including phenoxy) is 2. The van der Waals surface area contributed by atoms with E-state index >= 15 is 0 Å². The fourth-order valence-electron chi connectivity index (χ4n) is 6.11. The first-order valence-electron chi connectivity index (χ1n) is 16.6. The molecule has 13 nitrogen and oxygen atoms in total. The van der Waals surface area contributed by atoms with Gasteiger partial charge in [0.1, 0.15) is 11.4 Å². The number of methoxy groups -OCH3 is 2. The van der Waals surface area contributed by atoms with Crippen molar-refractivity contribution in [1.29, 1.82) is 0 Å². The lowest BCUT2D eigenvalue weighted by Crippen LogP contribution is -2.35. The van der Waals surface area contributed by atoms with Crippen molar-refractivity contribution in [2.75, 3.05) is 32.6 Å². The van der Waals surface area contributed by atoms with Crippen molar-refractivity contribution in [2.45, 2.75) is 50.9 Å². The van der Waals surface area contributed by atoms with Crippen LogP contribution < -0.4 is 36.1 Å². The molecule has 1 aromatic carbocycles. The lowest BCUT2D eigenvalue weighted by Gasteiger charge is -2.15. The molecule has 4 aromatic rings. The fraction of sp³-hybridized carbons (Fsp3) is 0.333. The smallest absolute Gasteiger partial charge is 0.274 e. The Labute approximate surface area is 305 Å². The van der Waals surface area contributed by atoms with Crippen molar-refractivity contribution in [3.63, 3.8) is 0 Å². The van der Waals surface area contributed by atoms with Crippen LogP contribution >= 0.6 is 23.2 Å². The number of carbonyl (C=O) groups excluding carboxylic acids is 3. The van der Waals surface area contributed by atoms with Crippen LogP contribution in [-0.4, -0.2) is 72.1 Å². The monoisotopic (exact) mass is 732 g/mol. The van der Waals surface area contributed by atoms with Crippen LogP contribution in [0.5, 0.6) is 11.6 Å². The molecule has 2 saturated heterocycles. The molecule has 3 amide bonds. The molecule has 266 valence electrons. The van der Waals surface area contributed by atoms with E-state index in [0.717, 1.165) is 24.0 Å². The Hall–Kier alpha value is -4.82. The van der Waals surface area contributed by atoms with Gasteiger partial charge < -0.3 is 36.1 Å². The van der Waals surface area contributed by atoms with Crippen molar-refractivity contribution in [1.82, 2.24) is 36.2 Å². The first kappa shape index (κ1) is 36.0. The first-order chi connectivity index (χ1) is 24.7. The third kappa shape index (κ3) is 8.56. The van der Waals surface area contributed by atoms with E-state index in [1.807, 2.05) is 12.1 Å². The number of anilines is 1. The van der Waals surface area contributed by atoms with Crippen LogP contribution in [0.15, 0.2) is 54.9 Å². The maximum atomic E-state index is 13.4. The summed E-state index contributed by atoms with van der Waals surface area (Å²) in [5.74, 6) is 0.643. The molecule has 2 fully saturated rings. The van der Waals surface area contributed by atoms with Crippen LogP contribution in [0.25, 0.3) is 22.5 Å². The molecule has 6 rings (SSSR count). The van der Waals surface area contributed by atoms with Crippen molar-refractivity contribution >= 4 is 46.6 Å². The second-order valence-electron chi connectivity index (χ2n) is 12.3. The number of hydrogen-bond donors (Lipinski definition) is 5. The van der Waals surface area contributed by atoms with Crippen molar-refractivity contribution in [3.8, 4) is 34.1 Å². The standard InChI is InChI=1S/C36H38Cl2N8O5/c1-50-29-19-42-28(14-21(29)16-40-18-23-8-11-31(48)44-23)35(49)45-27-5-3-4-25(32(27)37)34-33(38)24(12-13-41-34)26-9-6-20(36(46-26)51-2)15-39-17-22-7-10-30(47)43-22/h3-6,9,12-14,19,22-23,39-40H,7-8,10-11,15-18H2,1-2H3,(H,43,47)(H,44,48)(H,45,49)/t22-,23-/m1/s1. The third-order valence-electron chi connectivity index (χ3n) is 8.78.